The first-order valence-electron chi connectivity index (χ1n) is 7.91. The first-order valence-corrected chi connectivity index (χ1v) is 10.9. The number of aromatic hydroxyl groups is 2. The molecule has 0 saturated heterocycles. The molecule has 5 nitrogen and oxygen atoms in total. The number of benzene rings is 3. The van der Waals surface area contributed by atoms with Gasteiger partial charge in [0.25, 0.3) is 10.1 Å². The number of rotatable bonds is 4. The standard InChI is InChI=1S/C19H12Cl4O5S/c20-12-9-13(21)18(25)15(17(12)23)19(29(26,27)28,10-5-2-1-3-6-10)11-7-4-8-14(24)16(11)22/h1-9,24-25H,(H,26,27,28). The Bertz CT molecular complexity index is 1170. The quantitative estimate of drug-likeness (QED) is 0.239. The smallest absolute Gasteiger partial charge is 0.283 e. The minimum absolute atomic E-state index is 0.0227. The molecule has 0 spiro atoms. The normalized spacial score (nSPS) is 13.8. The lowest BCUT2D eigenvalue weighted by molar-refractivity contribution is 0.439. The second-order valence-corrected chi connectivity index (χ2v) is 9.17. The van der Waals surface area contributed by atoms with Gasteiger partial charge in [0.15, 0.2) is 4.75 Å². The number of halogens is 4. The van der Waals surface area contributed by atoms with Crippen LogP contribution in [0.3, 0.4) is 0 Å². The highest BCUT2D eigenvalue weighted by Gasteiger charge is 2.53. The van der Waals surface area contributed by atoms with Crippen LogP contribution in [0.25, 0.3) is 0 Å². The van der Waals surface area contributed by atoms with Crippen molar-refractivity contribution in [1.29, 1.82) is 0 Å². The highest BCUT2D eigenvalue weighted by Crippen LogP contribution is 2.55. The minimum Gasteiger partial charge on any atom is -0.506 e. The fourth-order valence-corrected chi connectivity index (χ4v) is 5.69. The van der Waals surface area contributed by atoms with E-state index in [1.807, 2.05) is 0 Å². The van der Waals surface area contributed by atoms with E-state index >= 15 is 0 Å². The van der Waals surface area contributed by atoms with Gasteiger partial charge in [0.1, 0.15) is 11.5 Å². The Morgan fingerprint density at radius 2 is 1.41 bits per heavy atom. The summed E-state index contributed by atoms with van der Waals surface area (Å²) in [6.45, 7) is 0. The third kappa shape index (κ3) is 3.44. The maximum atomic E-state index is 13.0. The average Bonchev–Trinajstić information content (AvgIpc) is 2.66. The number of phenolic OH excluding ortho intramolecular Hbond substituents is 2. The molecule has 0 bridgehead atoms. The summed E-state index contributed by atoms with van der Waals surface area (Å²) in [4.78, 5) is 0. The molecule has 3 aromatic carbocycles. The van der Waals surface area contributed by atoms with Gasteiger partial charge < -0.3 is 10.2 Å². The molecule has 0 heterocycles. The molecule has 3 aromatic rings. The zero-order chi connectivity index (χ0) is 21.6. The van der Waals surface area contributed by atoms with E-state index in [1.165, 1.54) is 42.5 Å². The monoisotopic (exact) mass is 492 g/mol. The van der Waals surface area contributed by atoms with Gasteiger partial charge in [0.2, 0.25) is 0 Å². The van der Waals surface area contributed by atoms with Crippen LogP contribution >= 0.6 is 46.4 Å². The van der Waals surface area contributed by atoms with Gasteiger partial charge in [0.05, 0.1) is 20.1 Å². The summed E-state index contributed by atoms with van der Waals surface area (Å²) >= 11 is 24.7. The van der Waals surface area contributed by atoms with Crippen LogP contribution in [0.2, 0.25) is 20.1 Å². The molecule has 0 amide bonds. The van der Waals surface area contributed by atoms with E-state index < -0.39 is 31.9 Å². The molecule has 0 saturated carbocycles. The van der Waals surface area contributed by atoms with Gasteiger partial charge in [-0.05, 0) is 17.7 Å². The van der Waals surface area contributed by atoms with Gasteiger partial charge in [-0.25, -0.2) is 0 Å². The molecular formula is C19H12Cl4O5S. The van der Waals surface area contributed by atoms with E-state index in [4.69, 9.17) is 46.4 Å². The topological polar surface area (TPSA) is 94.8 Å². The van der Waals surface area contributed by atoms with E-state index in [9.17, 15) is 23.2 Å². The van der Waals surface area contributed by atoms with Crippen molar-refractivity contribution in [3.63, 3.8) is 0 Å². The van der Waals surface area contributed by atoms with Crippen LogP contribution in [0.5, 0.6) is 11.5 Å². The van der Waals surface area contributed by atoms with Crippen molar-refractivity contribution >= 4 is 56.5 Å². The lowest BCUT2D eigenvalue weighted by Crippen LogP contribution is -2.39. The van der Waals surface area contributed by atoms with E-state index in [-0.39, 0.29) is 31.2 Å². The van der Waals surface area contributed by atoms with Crippen molar-refractivity contribution in [1.82, 2.24) is 0 Å². The minimum atomic E-state index is -5.16. The summed E-state index contributed by atoms with van der Waals surface area (Å²) in [5.74, 6) is -1.17. The molecule has 0 fully saturated rings. The second-order valence-electron chi connectivity index (χ2n) is 6.04. The van der Waals surface area contributed by atoms with Crippen LogP contribution < -0.4 is 0 Å². The maximum Gasteiger partial charge on any atom is 0.283 e. The Kier molecular flexibility index (Phi) is 5.98. The van der Waals surface area contributed by atoms with Crippen molar-refractivity contribution < 1.29 is 23.2 Å². The number of phenols is 2. The Morgan fingerprint density at radius 3 is 2.00 bits per heavy atom. The fourth-order valence-electron chi connectivity index (χ4n) is 3.22. The molecule has 29 heavy (non-hydrogen) atoms. The summed E-state index contributed by atoms with van der Waals surface area (Å²) in [7, 11) is -5.16. The summed E-state index contributed by atoms with van der Waals surface area (Å²) in [6.07, 6.45) is 0. The molecule has 0 aliphatic carbocycles. The highest BCUT2D eigenvalue weighted by molar-refractivity contribution is 7.87. The summed E-state index contributed by atoms with van der Waals surface area (Å²) in [5.41, 5.74) is -0.785. The van der Waals surface area contributed by atoms with Crippen LogP contribution in [0.15, 0.2) is 54.6 Å². The van der Waals surface area contributed by atoms with Gasteiger partial charge in [-0.1, -0.05) is 88.9 Å². The molecule has 3 N–H and O–H groups in total. The summed E-state index contributed by atoms with van der Waals surface area (Å²) < 4.78 is 34.0. The molecule has 0 aliphatic heterocycles. The van der Waals surface area contributed by atoms with Gasteiger partial charge >= 0.3 is 0 Å². The van der Waals surface area contributed by atoms with Gasteiger partial charge in [-0.3, -0.25) is 4.55 Å². The first kappa shape index (κ1) is 22.0. The Balaban J connectivity index is 2.70. The largest absolute Gasteiger partial charge is 0.506 e. The van der Waals surface area contributed by atoms with Crippen LogP contribution in [0.4, 0.5) is 0 Å². The highest BCUT2D eigenvalue weighted by atomic mass is 35.5. The van der Waals surface area contributed by atoms with Gasteiger partial charge in [0, 0.05) is 11.1 Å². The second kappa shape index (κ2) is 7.87. The molecule has 1 unspecified atom stereocenters. The van der Waals surface area contributed by atoms with E-state index in [2.05, 4.69) is 0 Å². The predicted octanol–water partition coefficient (Wildman–Crippen LogP) is 5.89. The molecule has 1 atom stereocenters. The molecule has 10 heteroatoms. The zero-order valence-corrected chi connectivity index (χ0v) is 18.1. The molecule has 0 aliphatic rings. The third-order valence-electron chi connectivity index (χ3n) is 4.42. The van der Waals surface area contributed by atoms with Crippen LogP contribution in [0, 0.1) is 0 Å². The summed E-state index contributed by atoms with van der Waals surface area (Å²) in [5, 5.41) is 19.6. The van der Waals surface area contributed by atoms with Crippen LogP contribution in [-0.2, 0) is 14.9 Å². The molecule has 152 valence electrons. The molecule has 3 rings (SSSR count). The SMILES string of the molecule is O=S(=O)(O)C(c1ccccc1)(c1cccc(O)c1Cl)c1c(O)c(Cl)cc(Cl)c1Cl. The van der Waals surface area contributed by atoms with Crippen LogP contribution in [-0.4, -0.2) is 23.2 Å². The predicted molar refractivity (Wildman–Crippen MR) is 114 cm³/mol. The van der Waals surface area contributed by atoms with E-state index in [0.717, 1.165) is 6.07 Å². The van der Waals surface area contributed by atoms with E-state index in [1.54, 1.807) is 6.07 Å². The Hall–Kier alpha value is -1.67. The van der Waals surface area contributed by atoms with Crippen LogP contribution in [0.1, 0.15) is 16.7 Å². The fraction of sp³-hybridized carbons (Fsp3) is 0.0526. The summed E-state index contributed by atoms with van der Waals surface area (Å²) in [6, 6.07) is 12.4. The lowest BCUT2D eigenvalue weighted by atomic mass is 9.83. The zero-order valence-electron chi connectivity index (χ0n) is 14.3. The number of hydrogen-bond acceptors (Lipinski definition) is 4. The van der Waals surface area contributed by atoms with Crippen molar-refractivity contribution in [3.05, 3.63) is 91.4 Å². The maximum absolute atomic E-state index is 13.0. The number of hydrogen-bond donors (Lipinski definition) is 3. The lowest BCUT2D eigenvalue weighted by Gasteiger charge is -2.34. The Labute approximate surface area is 186 Å². The van der Waals surface area contributed by atoms with Gasteiger partial charge in [-0.2, -0.15) is 8.42 Å². The van der Waals surface area contributed by atoms with Crippen molar-refractivity contribution in [3.8, 4) is 11.5 Å². The van der Waals surface area contributed by atoms with Crippen molar-refractivity contribution in [2.24, 2.45) is 0 Å². The van der Waals surface area contributed by atoms with Crippen molar-refractivity contribution in [2.45, 2.75) is 4.75 Å². The average molecular weight is 494 g/mol. The van der Waals surface area contributed by atoms with E-state index in [0.29, 0.717) is 0 Å². The molecule has 0 radical (unpaired) electrons. The molecule has 0 aromatic heterocycles. The molecular weight excluding hydrogens is 482 g/mol. The Morgan fingerprint density at radius 1 is 0.793 bits per heavy atom. The first-order chi connectivity index (χ1) is 13.5. The third-order valence-corrected chi connectivity index (χ3v) is 7.33. The van der Waals surface area contributed by atoms with Crippen molar-refractivity contribution in [2.75, 3.05) is 0 Å². The van der Waals surface area contributed by atoms with Gasteiger partial charge in [-0.15, -0.1) is 0 Å².